The van der Waals surface area contributed by atoms with E-state index in [0.29, 0.717) is 21.3 Å². The molecule has 3 aromatic carbocycles. The lowest BCUT2D eigenvalue weighted by Gasteiger charge is -2.27. The Morgan fingerprint density at radius 1 is 0.903 bits per heavy atom. The third-order valence-corrected chi connectivity index (χ3v) is 6.16. The molecule has 1 N–H and O–H groups in total. The average molecular weight is 473 g/mol. The quantitative estimate of drug-likeness (QED) is 0.266. The van der Waals surface area contributed by atoms with Crippen LogP contribution in [0.4, 0.5) is 5.69 Å². The highest BCUT2D eigenvalue weighted by Crippen LogP contribution is 2.43. The minimum atomic E-state index is -0.840. The minimum Gasteiger partial charge on any atom is -0.507 e. The van der Waals surface area contributed by atoms with Gasteiger partial charge in [-0.2, -0.15) is 0 Å². The summed E-state index contributed by atoms with van der Waals surface area (Å²) in [6.45, 7) is 1.83. The molecule has 0 aliphatic carbocycles. The van der Waals surface area contributed by atoms with Gasteiger partial charge in [-0.3, -0.25) is 14.5 Å². The fourth-order valence-electron chi connectivity index (χ4n) is 3.67. The summed E-state index contributed by atoms with van der Waals surface area (Å²) in [5.41, 5.74) is 2.19. The van der Waals surface area contributed by atoms with Crippen molar-refractivity contribution in [3.05, 3.63) is 104 Å². The summed E-state index contributed by atoms with van der Waals surface area (Å²) in [5, 5.41) is 12.1. The first kappa shape index (κ1) is 21.4. The predicted octanol–water partition coefficient (Wildman–Crippen LogP) is 6.58. The number of aliphatic hydroxyl groups excluding tert-OH is 1. The zero-order valence-electron chi connectivity index (χ0n) is 16.3. The zero-order valence-corrected chi connectivity index (χ0v) is 18.5. The maximum Gasteiger partial charge on any atom is 0.300 e. The van der Waals surface area contributed by atoms with Gasteiger partial charge in [0.2, 0.25) is 0 Å². The first-order chi connectivity index (χ1) is 14.8. The van der Waals surface area contributed by atoms with Gasteiger partial charge in [0.25, 0.3) is 11.7 Å². The molecule has 0 bridgehead atoms. The third kappa shape index (κ3) is 3.83. The Labute approximate surface area is 194 Å². The van der Waals surface area contributed by atoms with Crippen LogP contribution in [0.3, 0.4) is 0 Å². The summed E-state index contributed by atoms with van der Waals surface area (Å²) in [4.78, 5) is 27.7. The van der Waals surface area contributed by atoms with Gasteiger partial charge in [-0.25, -0.2) is 0 Å². The van der Waals surface area contributed by atoms with Crippen LogP contribution in [0.15, 0.2) is 72.3 Å². The molecule has 1 fully saturated rings. The van der Waals surface area contributed by atoms with Crippen molar-refractivity contribution >= 4 is 57.9 Å². The number of nitrogens with zero attached hydrogens (tertiary/aromatic N) is 1. The van der Waals surface area contributed by atoms with E-state index in [4.69, 9.17) is 34.8 Å². The highest BCUT2D eigenvalue weighted by molar-refractivity contribution is 6.52. The molecule has 1 aliphatic heterocycles. The van der Waals surface area contributed by atoms with Crippen molar-refractivity contribution in [3.63, 3.8) is 0 Å². The summed E-state index contributed by atoms with van der Waals surface area (Å²) >= 11 is 18.3. The molecular weight excluding hydrogens is 457 g/mol. The topological polar surface area (TPSA) is 57.6 Å². The second kappa shape index (κ2) is 8.39. The number of hydrogen-bond acceptors (Lipinski definition) is 3. The lowest BCUT2D eigenvalue weighted by atomic mass is 9.95. The van der Waals surface area contributed by atoms with E-state index in [2.05, 4.69) is 0 Å². The lowest BCUT2D eigenvalue weighted by molar-refractivity contribution is -0.132. The van der Waals surface area contributed by atoms with Gasteiger partial charge < -0.3 is 5.11 Å². The number of rotatable bonds is 3. The van der Waals surface area contributed by atoms with Crippen LogP contribution in [0, 0.1) is 6.92 Å². The van der Waals surface area contributed by atoms with E-state index in [1.54, 1.807) is 48.5 Å². The number of ketones is 1. The van der Waals surface area contributed by atoms with Gasteiger partial charge in [-0.15, -0.1) is 0 Å². The first-order valence-electron chi connectivity index (χ1n) is 9.37. The molecule has 0 aromatic heterocycles. The van der Waals surface area contributed by atoms with E-state index in [9.17, 15) is 14.7 Å². The molecule has 0 spiro atoms. The summed E-state index contributed by atoms with van der Waals surface area (Å²) in [6.07, 6.45) is 0. The van der Waals surface area contributed by atoms with E-state index in [1.165, 1.54) is 17.0 Å². The van der Waals surface area contributed by atoms with Crippen LogP contribution >= 0.6 is 34.8 Å². The Kier molecular flexibility index (Phi) is 5.80. The first-order valence-corrected chi connectivity index (χ1v) is 10.5. The predicted molar refractivity (Wildman–Crippen MR) is 124 cm³/mol. The van der Waals surface area contributed by atoms with E-state index in [1.807, 2.05) is 13.0 Å². The molecule has 1 amide bonds. The van der Waals surface area contributed by atoms with Gasteiger partial charge in [0.1, 0.15) is 5.76 Å². The van der Waals surface area contributed by atoms with Crippen molar-refractivity contribution in [2.45, 2.75) is 13.0 Å². The SMILES string of the molecule is Cc1ccc(Cl)cc1N1C(=O)C(=O)/C(=C(/O)c2ccc(Cl)c(Cl)c2)C1c1ccccc1. The van der Waals surface area contributed by atoms with Gasteiger partial charge >= 0.3 is 0 Å². The van der Waals surface area contributed by atoms with E-state index >= 15 is 0 Å². The number of halogens is 3. The number of aryl methyl sites for hydroxylation is 1. The summed E-state index contributed by atoms with van der Waals surface area (Å²) in [5.74, 6) is -1.87. The Morgan fingerprint density at radius 3 is 2.29 bits per heavy atom. The largest absolute Gasteiger partial charge is 0.507 e. The molecule has 1 unspecified atom stereocenters. The van der Waals surface area contributed by atoms with Crippen LogP contribution in [-0.2, 0) is 9.59 Å². The standard InChI is InChI=1S/C24H16Cl3NO3/c1-13-7-9-16(25)12-19(13)28-21(14-5-3-2-4-6-14)20(23(30)24(28)31)22(29)15-8-10-17(26)18(27)11-15/h2-12,21,29H,1H3/b22-20+. The van der Waals surface area contributed by atoms with Gasteiger partial charge in [0, 0.05) is 16.3 Å². The van der Waals surface area contributed by atoms with Crippen LogP contribution in [-0.4, -0.2) is 16.8 Å². The maximum absolute atomic E-state index is 13.2. The van der Waals surface area contributed by atoms with Crippen LogP contribution in [0.1, 0.15) is 22.7 Å². The molecule has 0 radical (unpaired) electrons. The Balaban J connectivity index is 1.98. The lowest BCUT2D eigenvalue weighted by Crippen LogP contribution is -2.30. The van der Waals surface area contributed by atoms with E-state index in [-0.39, 0.29) is 21.9 Å². The van der Waals surface area contributed by atoms with Gasteiger partial charge in [-0.05, 0) is 48.4 Å². The number of carbonyl (C=O) groups excluding carboxylic acids is 2. The van der Waals surface area contributed by atoms with Crippen molar-refractivity contribution in [2.24, 2.45) is 0 Å². The smallest absolute Gasteiger partial charge is 0.300 e. The molecule has 7 heteroatoms. The fraction of sp³-hybridized carbons (Fsp3) is 0.0833. The Bertz CT molecular complexity index is 1240. The molecule has 156 valence electrons. The number of carbonyl (C=O) groups is 2. The van der Waals surface area contributed by atoms with E-state index in [0.717, 1.165) is 5.56 Å². The number of anilines is 1. The molecular formula is C24H16Cl3NO3. The average Bonchev–Trinajstić information content (AvgIpc) is 3.02. The summed E-state index contributed by atoms with van der Waals surface area (Å²) < 4.78 is 0. The number of benzene rings is 3. The molecule has 1 aliphatic rings. The maximum atomic E-state index is 13.2. The minimum absolute atomic E-state index is 0.0334. The van der Waals surface area contributed by atoms with E-state index < -0.39 is 17.7 Å². The molecule has 4 rings (SSSR count). The normalized spacial score (nSPS) is 17.9. The van der Waals surface area contributed by atoms with Crippen LogP contribution in [0.2, 0.25) is 15.1 Å². The van der Waals surface area contributed by atoms with Gasteiger partial charge in [-0.1, -0.05) is 71.2 Å². The Hall–Kier alpha value is -2.79. The van der Waals surface area contributed by atoms with Crippen molar-refractivity contribution < 1.29 is 14.7 Å². The van der Waals surface area contributed by atoms with Crippen molar-refractivity contribution in [1.82, 2.24) is 0 Å². The van der Waals surface area contributed by atoms with Crippen LogP contribution < -0.4 is 4.90 Å². The second-order valence-corrected chi connectivity index (χ2v) is 8.39. The molecule has 1 saturated heterocycles. The summed E-state index contributed by atoms with van der Waals surface area (Å²) in [6, 6.07) is 17.8. The summed E-state index contributed by atoms with van der Waals surface area (Å²) in [7, 11) is 0. The van der Waals surface area contributed by atoms with Crippen molar-refractivity contribution in [1.29, 1.82) is 0 Å². The second-order valence-electron chi connectivity index (χ2n) is 7.14. The van der Waals surface area contributed by atoms with Crippen molar-refractivity contribution in [3.8, 4) is 0 Å². The van der Waals surface area contributed by atoms with Crippen LogP contribution in [0.5, 0.6) is 0 Å². The highest BCUT2D eigenvalue weighted by Gasteiger charge is 2.47. The van der Waals surface area contributed by atoms with Crippen molar-refractivity contribution in [2.75, 3.05) is 4.90 Å². The van der Waals surface area contributed by atoms with Gasteiger partial charge in [0.05, 0.1) is 21.7 Å². The molecule has 31 heavy (non-hydrogen) atoms. The Morgan fingerprint density at radius 2 is 1.61 bits per heavy atom. The molecule has 3 aromatic rings. The zero-order chi connectivity index (χ0) is 22.3. The molecule has 1 atom stereocenters. The highest BCUT2D eigenvalue weighted by atomic mass is 35.5. The third-order valence-electron chi connectivity index (χ3n) is 5.18. The molecule has 1 heterocycles. The molecule has 4 nitrogen and oxygen atoms in total. The number of aliphatic hydroxyl groups is 1. The monoisotopic (exact) mass is 471 g/mol. The number of hydrogen-bond donors (Lipinski definition) is 1. The number of Topliss-reactive ketones (excluding diaryl/α,β-unsaturated/α-hetero) is 1. The van der Waals surface area contributed by atoms with Crippen LogP contribution in [0.25, 0.3) is 5.76 Å². The fourth-order valence-corrected chi connectivity index (χ4v) is 4.14. The molecule has 0 saturated carbocycles. The number of amides is 1. The van der Waals surface area contributed by atoms with Gasteiger partial charge in [0.15, 0.2) is 0 Å².